The second kappa shape index (κ2) is 17.0. The SMILES string of the molecule is CC(=O)Nc1ccc(-c2c3nc(c(-c4ccc(NC(C)=O)cc4)c4ccc([nH]4)c(-c4ccc(NC(C)=O)cc4)c4nc(c(-c5ccc(NC(C)=O)cc5)c5ccc2[nH]5)C=C4)C=C3)cc1. The van der Waals surface area contributed by atoms with E-state index in [1.54, 1.807) is 0 Å². The molecule has 0 spiro atoms. The first-order valence-corrected chi connectivity index (χ1v) is 20.6. The average molecular weight is 843 g/mol. The minimum absolute atomic E-state index is 0.163. The van der Waals surface area contributed by atoms with Crippen molar-refractivity contribution in [1.82, 2.24) is 19.9 Å². The van der Waals surface area contributed by atoms with Crippen LogP contribution in [0.15, 0.2) is 121 Å². The fraction of sp³-hybridized carbons (Fsp3) is 0.0769. The van der Waals surface area contributed by atoms with Crippen molar-refractivity contribution >= 4 is 92.7 Å². The Morgan fingerprint density at radius 3 is 0.719 bits per heavy atom. The van der Waals surface area contributed by atoms with Gasteiger partial charge in [0.1, 0.15) is 0 Å². The van der Waals surface area contributed by atoms with Gasteiger partial charge in [-0.25, -0.2) is 9.97 Å². The Balaban J connectivity index is 1.38. The summed E-state index contributed by atoms with van der Waals surface area (Å²) < 4.78 is 0. The molecule has 6 N–H and O–H groups in total. The lowest BCUT2D eigenvalue weighted by Gasteiger charge is -2.09. The van der Waals surface area contributed by atoms with Crippen LogP contribution in [-0.2, 0) is 19.2 Å². The van der Waals surface area contributed by atoms with Crippen LogP contribution >= 0.6 is 0 Å². The minimum atomic E-state index is -0.163. The second-order valence-electron chi connectivity index (χ2n) is 15.5. The van der Waals surface area contributed by atoms with Crippen molar-refractivity contribution in [3.8, 4) is 44.5 Å². The third kappa shape index (κ3) is 8.48. The molecular weight excluding hydrogens is 801 g/mol. The molecule has 0 radical (unpaired) electrons. The second-order valence-corrected chi connectivity index (χ2v) is 15.5. The van der Waals surface area contributed by atoms with Gasteiger partial charge in [-0.15, -0.1) is 0 Å². The lowest BCUT2D eigenvalue weighted by atomic mass is 10.0. The molecule has 12 nitrogen and oxygen atoms in total. The zero-order valence-corrected chi connectivity index (χ0v) is 35.4. The molecule has 2 aliphatic rings. The van der Waals surface area contributed by atoms with Crippen LogP contribution in [-0.4, -0.2) is 43.6 Å². The molecule has 314 valence electrons. The largest absolute Gasteiger partial charge is 0.354 e. The molecule has 0 saturated heterocycles. The number of carbonyl (C=O) groups is 4. The number of rotatable bonds is 8. The molecule has 0 aliphatic carbocycles. The van der Waals surface area contributed by atoms with Crippen molar-refractivity contribution in [3.63, 3.8) is 0 Å². The molecule has 64 heavy (non-hydrogen) atoms. The van der Waals surface area contributed by atoms with Crippen molar-refractivity contribution in [2.45, 2.75) is 27.7 Å². The summed E-state index contributed by atoms with van der Waals surface area (Å²) >= 11 is 0. The lowest BCUT2D eigenvalue weighted by molar-refractivity contribution is -0.115. The first-order valence-electron chi connectivity index (χ1n) is 20.6. The predicted octanol–water partition coefficient (Wildman–Crippen LogP) is 11.2. The lowest BCUT2D eigenvalue weighted by Crippen LogP contribution is -2.05. The van der Waals surface area contributed by atoms with Crippen molar-refractivity contribution in [3.05, 3.63) is 144 Å². The van der Waals surface area contributed by atoms with Crippen LogP contribution in [0.5, 0.6) is 0 Å². The van der Waals surface area contributed by atoms with E-state index < -0.39 is 0 Å². The van der Waals surface area contributed by atoms with Gasteiger partial charge in [0.25, 0.3) is 0 Å². The number of H-pyrrole nitrogens is 2. The van der Waals surface area contributed by atoms with Gasteiger partial charge in [-0.05, 0) is 119 Å². The third-order valence-corrected chi connectivity index (χ3v) is 10.7. The maximum absolute atomic E-state index is 11.9. The number of hydrogen-bond donors (Lipinski definition) is 6. The molecule has 12 heteroatoms. The number of nitrogens with one attached hydrogen (secondary N) is 6. The van der Waals surface area contributed by atoms with Gasteiger partial charge in [0.15, 0.2) is 0 Å². The average Bonchev–Trinajstić information content (AvgIpc) is 4.11. The molecule has 5 heterocycles. The Kier molecular flexibility index (Phi) is 10.8. The van der Waals surface area contributed by atoms with Gasteiger partial charge < -0.3 is 31.2 Å². The molecular formula is C52H42N8O4. The van der Waals surface area contributed by atoms with Crippen molar-refractivity contribution in [2.24, 2.45) is 0 Å². The fourth-order valence-electron chi connectivity index (χ4n) is 8.11. The van der Waals surface area contributed by atoms with E-state index >= 15 is 0 Å². The van der Waals surface area contributed by atoms with E-state index in [0.29, 0.717) is 45.5 Å². The van der Waals surface area contributed by atoms with Gasteiger partial charge in [-0.3, -0.25) is 19.2 Å². The summed E-state index contributed by atoms with van der Waals surface area (Å²) in [5.74, 6) is -0.651. The van der Waals surface area contributed by atoms with Crippen LogP contribution in [0.25, 0.3) is 90.9 Å². The first kappa shape index (κ1) is 40.7. The zero-order valence-electron chi connectivity index (χ0n) is 35.4. The number of carbonyl (C=O) groups excluding carboxylic acids is 4. The molecule has 4 amide bonds. The van der Waals surface area contributed by atoms with Crippen LogP contribution < -0.4 is 21.3 Å². The highest BCUT2D eigenvalue weighted by Gasteiger charge is 2.19. The molecule has 7 aromatic rings. The fourth-order valence-corrected chi connectivity index (χ4v) is 8.11. The quantitative estimate of drug-likeness (QED) is 0.0888. The van der Waals surface area contributed by atoms with Crippen LogP contribution in [0.1, 0.15) is 50.5 Å². The highest BCUT2D eigenvalue weighted by atomic mass is 16.2. The van der Waals surface area contributed by atoms with Crippen LogP contribution in [0.2, 0.25) is 0 Å². The number of anilines is 4. The molecule has 3 aromatic heterocycles. The summed E-state index contributed by atoms with van der Waals surface area (Å²) in [6, 6.07) is 38.8. The minimum Gasteiger partial charge on any atom is -0.354 e. The number of amides is 4. The van der Waals surface area contributed by atoms with Crippen molar-refractivity contribution in [2.75, 3.05) is 21.3 Å². The van der Waals surface area contributed by atoms with Crippen LogP contribution in [0, 0.1) is 0 Å². The Bertz CT molecular complexity index is 2820. The molecule has 8 bridgehead atoms. The summed E-state index contributed by atoms with van der Waals surface area (Å²) in [5.41, 5.74) is 15.6. The Morgan fingerprint density at radius 1 is 0.328 bits per heavy atom. The van der Waals surface area contributed by atoms with Gasteiger partial charge >= 0.3 is 0 Å². The van der Waals surface area contributed by atoms with Gasteiger partial charge in [0.05, 0.1) is 22.8 Å². The van der Waals surface area contributed by atoms with E-state index in [1.165, 1.54) is 27.7 Å². The Morgan fingerprint density at radius 2 is 0.531 bits per heavy atom. The molecule has 4 aromatic carbocycles. The number of aromatic nitrogens is 4. The number of fused-ring (bicyclic) bond motifs is 8. The Labute approximate surface area is 368 Å². The predicted molar refractivity (Wildman–Crippen MR) is 258 cm³/mol. The number of nitrogens with zero attached hydrogens (tertiary/aromatic N) is 2. The monoisotopic (exact) mass is 842 g/mol. The summed E-state index contributed by atoms with van der Waals surface area (Å²) in [7, 11) is 0. The van der Waals surface area contributed by atoms with Gasteiger partial charge in [-0.2, -0.15) is 0 Å². The highest BCUT2D eigenvalue weighted by Crippen LogP contribution is 2.39. The molecule has 0 fully saturated rings. The van der Waals surface area contributed by atoms with E-state index in [4.69, 9.17) is 9.97 Å². The van der Waals surface area contributed by atoms with E-state index in [1.807, 2.05) is 146 Å². The van der Waals surface area contributed by atoms with E-state index in [2.05, 4.69) is 31.2 Å². The van der Waals surface area contributed by atoms with E-state index in [0.717, 1.165) is 66.6 Å². The van der Waals surface area contributed by atoms with Gasteiger partial charge in [0.2, 0.25) is 23.6 Å². The summed E-state index contributed by atoms with van der Waals surface area (Å²) in [4.78, 5) is 65.9. The van der Waals surface area contributed by atoms with Crippen LogP contribution in [0.4, 0.5) is 22.7 Å². The summed E-state index contributed by atoms with van der Waals surface area (Å²) in [6.45, 7) is 5.91. The Hall–Kier alpha value is -8.64. The van der Waals surface area contributed by atoms with Gasteiger partial charge in [0, 0.05) is 94.8 Å². The topological polar surface area (TPSA) is 174 Å². The highest BCUT2D eigenvalue weighted by molar-refractivity contribution is 6.01. The molecule has 0 unspecified atom stereocenters. The summed E-state index contributed by atoms with van der Waals surface area (Å²) in [6.07, 6.45) is 8.02. The van der Waals surface area contributed by atoms with E-state index in [-0.39, 0.29) is 23.6 Å². The smallest absolute Gasteiger partial charge is 0.221 e. The van der Waals surface area contributed by atoms with Gasteiger partial charge in [-0.1, -0.05) is 48.5 Å². The number of aromatic amines is 2. The molecule has 2 aliphatic heterocycles. The van der Waals surface area contributed by atoms with Crippen molar-refractivity contribution in [1.29, 1.82) is 0 Å². The number of hydrogen-bond acceptors (Lipinski definition) is 6. The zero-order chi connectivity index (χ0) is 44.5. The first-order chi connectivity index (χ1) is 30.9. The molecule has 0 saturated carbocycles. The third-order valence-electron chi connectivity index (χ3n) is 10.7. The number of benzene rings is 4. The maximum Gasteiger partial charge on any atom is 0.221 e. The van der Waals surface area contributed by atoms with Crippen LogP contribution in [0.3, 0.4) is 0 Å². The van der Waals surface area contributed by atoms with E-state index in [9.17, 15) is 19.2 Å². The molecule has 0 atom stereocenters. The van der Waals surface area contributed by atoms with Crippen molar-refractivity contribution < 1.29 is 19.2 Å². The normalized spacial score (nSPS) is 11.6. The standard InChI is InChI=1S/C52H42N8O4/c1-29(61)53-37-13-5-33(6-14-37)49-41-21-23-43(57-41)50(34-7-15-38(16-8-34)54-30(2)62)45-25-27-47(59-45)52(36-11-19-40(20-12-36)56-32(4)64)48-28-26-46(60-48)51(44-24-22-42(49)58-44)35-9-17-39(18-10-35)55-31(3)63/h5-28,57,60H,1-4H3,(H,53,61)(H,54,62)(H,55,63)(H,56,64). The molecule has 9 rings (SSSR count). The summed E-state index contributed by atoms with van der Waals surface area (Å²) in [5, 5.41) is 11.5. The maximum atomic E-state index is 11.9.